The van der Waals surface area contributed by atoms with Crippen LogP contribution in [-0.2, 0) is 11.3 Å². The smallest absolute Gasteiger partial charge is 0.223 e. The van der Waals surface area contributed by atoms with Crippen molar-refractivity contribution in [3.63, 3.8) is 0 Å². The van der Waals surface area contributed by atoms with Crippen LogP contribution >= 0.6 is 0 Å². The van der Waals surface area contributed by atoms with Crippen molar-refractivity contribution in [1.29, 1.82) is 0 Å². The van der Waals surface area contributed by atoms with Crippen LogP contribution in [0, 0.1) is 17.3 Å². The molecule has 1 saturated heterocycles. The SMILES string of the molecule is NC12CC3CC(C1)CC(CC(=O)N1CCN(Cc4ccncc4)CC1)(C3)C2. The van der Waals surface area contributed by atoms with Crippen molar-refractivity contribution in [3.05, 3.63) is 30.1 Å². The molecule has 1 aromatic heterocycles. The zero-order chi connectivity index (χ0) is 18.5. The molecule has 27 heavy (non-hydrogen) atoms. The molecule has 2 heterocycles. The molecule has 5 nitrogen and oxygen atoms in total. The Kier molecular flexibility index (Phi) is 4.28. The number of nitrogens with two attached hydrogens (primary N) is 1. The average molecular weight is 369 g/mol. The standard InChI is InChI=1S/C22H32N4O/c23-22-12-18-9-19(13-22)11-21(10-18,16-22)14-20(27)26-7-5-25(6-8-26)15-17-1-3-24-4-2-17/h1-4,18-19H,5-16,23H2. The summed E-state index contributed by atoms with van der Waals surface area (Å²) in [5.41, 5.74) is 8.26. The summed E-state index contributed by atoms with van der Waals surface area (Å²) in [4.78, 5) is 21.8. The molecule has 4 saturated carbocycles. The van der Waals surface area contributed by atoms with E-state index in [1.54, 1.807) is 0 Å². The third-order valence-corrected chi connectivity index (χ3v) is 7.63. The lowest BCUT2D eigenvalue weighted by molar-refractivity contribution is -0.142. The van der Waals surface area contributed by atoms with E-state index in [9.17, 15) is 4.79 Å². The normalized spacial score (nSPS) is 38.3. The number of pyridine rings is 1. The monoisotopic (exact) mass is 368 g/mol. The Hall–Kier alpha value is -1.46. The Balaban J connectivity index is 1.17. The highest BCUT2D eigenvalue weighted by Crippen LogP contribution is 2.62. The lowest BCUT2D eigenvalue weighted by Crippen LogP contribution is -2.61. The van der Waals surface area contributed by atoms with Crippen molar-refractivity contribution in [2.75, 3.05) is 26.2 Å². The molecule has 0 radical (unpaired) electrons. The fraction of sp³-hybridized carbons (Fsp3) is 0.727. The Morgan fingerprint density at radius 2 is 1.74 bits per heavy atom. The molecule has 5 heteroatoms. The third-order valence-electron chi connectivity index (χ3n) is 7.63. The zero-order valence-corrected chi connectivity index (χ0v) is 16.3. The van der Waals surface area contributed by atoms with Gasteiger partial charge >= 0.3 is 0 Å². The maximum absolute atomic E-state index is 13.1. The van der Waals surface area contributed by atoms with Gasteiger partial charge in [-0.1, -0.05) is 0 Å². The van der Waals surface area contributed by atoms with Crippen LogP contribution in [-0.4, -0.2) is 52.4 Å². The summed E-state index contributed by atoms with van der Waals surface area (Å²) < 4.78 is 0. The molecule has 146 valence electrons. The predicted molar refractivity (Wildman–Crippen MR) is 105 cm³/mol. The predicted octanol–water partition coefficient (Wildman–Crippen LogP) is 2.41. The number of nitrogens with zero attached hydrogens (tertiary/aromatic N) is 3. The van der Waals surface area contributed by atoms with E-state index in [-0.39, 0.29) is 11.0 Å². The Bertz CT molecular complexity index is 684. The van der Waals surface area contributed by atoms with Gasteiger partial charge in [0.05, 0.1) is 0 Å². The van der Waals surface area contributed by atoms with Crippen LogP contribution in [0.3, 0.4) is 0 Å². The molecular weight excluding hydrogens is 336 g/mol. The molecular formula is C22H32N4O. The summed E-state index contributed by atoms with van der Waals surface area (Å²) in [6, 6.07) is 4.15. The number of rotatable bonds is 4. The first-order chi connectivity index (χ1) is 13.0. The molecule has 1 aromatic rings. The van der Waals surface area contributed by atoms with E-state index in [4.69, 9.17) is 5.73 Å². The second-order valence-electron chi connectivity index (χ2n) is 10.0. The van der Waals surface area contributed by atoms with Crippen LogP contribution in [0.15, 0.2) is 24.5 Å². The summed E-state index contributed by atoms with van der Waals surface area (Å²) in [6.45, 7) is 4.61. The molecule has 0 aromatic carbocycles. The van der Waals surface area contributed by atoms with Crippen LogP contribution in [0.1, 0.15) is 50.5 Å². The van der Waals surface area contributed by atoms with Gasteiger partial charge in [0.1, 0.15) is 0 Å². The van der Waals surface area contributed by atoms with Crippen LogP contribution in [0.5, 0.6) is 0 Å². The minimum Gasteiger partial charge on any atom is -0.340 e. The van der Waals surface area contributed by atoms with E-state index >= 15 is 0 Å². The van der Waals surface area contributed by atoms with Gasteiger partial charge in [-0.25, -0.2) is 0 Å². The lowest BCUT2D eigenvalue weighted by Gasteiger charge is -2.61. The molecule has 4 aliphatic carbocycles. The molecule has 1 aliphatic heterocycles. The molecule has 1 amide bonds. The van der Waals surface area contributed by atoms with Gasteiger partial charge in [-0.2, -0.15) is 0 Å². The summed E-state index contributed by atoms with van der Waals surface area (Å²) in [5.74, 6) is 1.94. The average Bonchev–Trinajstić information content (AvgIpc) is 2.60. The van der Waals surface area contributed by atoms with Crippen LogP contribution in [0.25, 0.3) is 0 Å². The minimum atomic E-state index is 0.0353. The first-order valence-electron chi connectivity index (χ1n) is 10.7. The number of piperazine rings is 1. The van der Waals surface area contributed by atoms with Crippen molar-refractivity contribution in [2.24, 2.45) is 23.0 Å². The number of hydrogen-bond donors (Lipinski definition) is 1. The lowest BCUT2D eigenvalue weighted by atomic mass is 9.46. The van der Waals surface area contributed by atoms with Gasteiger partial charge in [0.15, 0.2) is 0 Å². The van der Waals surface area contributed by atoms with Crippen LogP contribution in [0.2, 0.25) is 0 Å². The number of carbonyl (C=O) groups excluding carboxylic acids is 1. The molecule has 2 atom stereocenters. The van der Waals surface area contributed by atoms with Gasteiger partial charge in [0.25, 0.3) is 0 Å². The molecule has 5 aliphatic rings. The highest BCUT2D eigenvalue weighted by atomic mass is 16.2. The second-order valence-corrected chi connectivity index (χ2v) is 10.0. The topological polar surface area (TPSA) is 62.5 Å². The molecule has 0 spiro atoms. The Morgan fingerprint density at radius 1 is 1.07 bits per heavy atom. The minimum absolute atomic E-state index is 0.0353. The number of hydrogen-bond acceptors (Lipinski definition) is 4. The fourth-order valence-electron chi connectivity index (χ4n) is 7.07. The fourth-order valence-corrected chi connectivity index (χ4v) is 7.07. The first-order valence-corrected chi connectivity index (χ1v) is 10.7. The van der Waals surface area contributed by atoms with Gasteiger partial charge in [-0.05, 0) is 73.5 Å². The van der Waals surface area contributed by atoms with Gasteiger partial charge in [0.2, 0.25) is 5.91 Å². The summed E-state index contributed by atoms with van der Waals surface area (Å²) >= 11 is 0. The second kappa shape index (κ2) is 6.56. The van der Waals surface area contributed by atoms with Gasteiger partial charge in [-0.15, -0.1) is 0 Å². The van der Waals surface area contributed by atoms with Crippen molar-refractivity contribution in [1.82, 2.24) is 14.8 Å². The van der Waals surface area contributed by atoms with Crippen LogP contribution in [0.4, 0.5) is 0 Å². The molecule has 2 N–H and O–H groups in total. The van der Waals surface area contributed by atoms with E-state index < -0.39 is 0 Å². The van der Waals surface area contributed by atoms with E-state index in [1.165, 1.54) is 37.7 Å². The van der Waals surface area contributed by atoms with E-state index in [0.29, 0.717) is 5.91 Å². The van der Waals surface area contributed by atoms with E-state index in [1.807, 2.05) is 12.4 Å². The number of carbonyl (C=O) groups is 1. The van der Waals surface area contributed by atoms with Crippen molar-refractivity contribution >= 4 is 5.91 Å². The summed E-state index contributed by atoms with van der Waals surface area (Å²) in [7, 11) is 0. The zero-order valence-electron chi connectivity index (χ0n) is 16.3. The number of aromatic nitrogens is 1. The Labute approximate surface area is 162 Å². The van der Waals surface area contributed by atoms with Crippen molar-refractivity contribution in [3.8, 4) is 0 Å². The molecule has 2 unspecified atom stereocenters. The van der Waals surface area contributed by atoms with Crippen molar-refractivity contribution < 1.29 is 4.79 Å². The highest BCUT2D eigenvalue weighted by Gasteiger charge is 2.56. The largest absolute Gasteiger partial charge is 0.340 e. The van der Waals surface area contributed by atoms with E-state index in [2.05, 4.69) is 26.9 Å². The summed E-state index contributed by atoms with van der Waals surface area (Å²) in [6.07, 6.45) is 11.8. The maximum atomic E-state index is 13.1. The molecule has 6 rings (SSSR count). The van der Waals surface area contributed by atoms with Gasteiger partial charge in [-0.3, -0.25) is 14.7 Å². The highest BCUT2D eigenvalue weighted by molar-refractivity contribution is 5.77. The third kappa shape index (κ3) is 3.52. The van der Waals surface area contributed by atoms with Crippen LogP contribution < -0.4 is 5.73 Å². The quantitative estimate of drug-likeness (QED) is 0.887. The van der Waals surface area contributed by atoms with Crippen molar-refractivity contribution in [2.45, 2.75) is 57.0 Å². The molecule has 5 fully saturated rings. The molecule has 4 bridgehead atoms. The Morgan fingerprint density at radius 3 is 2.37 bits per heavy atom. The maximum Gasteiger partial charge on any atom is 0.223 e. The van der Waals surface area contributed by atoms with Gasteiger partial charge in [0, 0.05) is 57.1 Å². The van der Waals surface area contributed by atoms with E-state index in [0.717, 1.165) is 57.4 Å². The number of amides is 1. The first kappa shape index (κ1) is 17.6. The van der Waals surface area contributed by atoms with Gasteiger partial charge < -0.3 is 10.6 Å². The summed E-state index contributed by atoms with van der Waals surface area (Å²) in [5, 5.41) is 0.